The Hall–Kier alpha value is 0.130. The minimum atomic E-state index is -0.180. The summed E-state index contributed by atoms with van der Waals surface area (Å²) < 4.78 is 0. The van der Waals surface area contributed by atoms with Crippen LogP contribution in [0.3, 0.4) is 0 Å². The third kappa shape index (κ3) is 1.89. The summed E-state index contributed by atoms with van der Waals surface area (Å²) in [7, 11) is 0. The van der Waals surface area contributed by atoms with Crippen LogP contribution < -0.4 is 0 Å². The molecule has 1 heterocycles. The molecule has 0 aromatic rings. The average molecular weight is 298 g/mol. The number of hydrogen-bond donors (Lipinski definition) is 1. The third-order valence-electron chi connectivity index (χ3n) is 1.72. The first kappa shape index (κ1) is 10.2. The first-order chi connectivity index (χ1) is 5.70. The summed E-state index contributed by atoms with van der Waals surface area (Å²) in [5.41, 5.74) is 1.88. The molecule has 1 rings (SSSR count). The molecule has 1 unspecified atom stereocenters. The summed E-state index contributed by atoms with van der Waals surface area (Å²) in [4.78, 5) is 4.10. The van der Waals surface area contributed by atoms with E-state index in [0.717, 1.165) is 11.3 Å². The highest BCUT2D eigenvalue weighted by atomic mass is 79.9. The molecule has 1 aliphatic heterocycles. The first-order valence-corrected chi connectivity index (χ1v) is 5.80. The molecule has 1 atom stereocenters. The van der Waals surface area contributed by atoms with Crippen molar-refractivity contribution in [1.82, 2.24) is 5.06 Å². The normalized spacial score (nSPS) is 23.7. The van der Waals surface area contributed by atoms with Gasteiger partial charge in [-0.1, -0.05) is 31.9 Å². The van der Waals surface area contributed by atoms with Crippen LogP contribution >= 0.6 is 31.9 Å². The van der Waals surface area contributed by atoms with Crippen LogP contribution in [0.2, 0.25) is 0 Å². The van der Waals surface area contributed by atoms with Gasteiger partial charge < -0.3 is 0 Å². The second kappa shape index (κ2) is 4.39. The number of halogens is 2. The number of allylic oxidation sites excluding steroid dienone is 2. The fourth-order valence-corrected chi connectivity index (χ4v) is 2.05. The lowest BCUT2D eigenvalue weighted by Crippen LogP contribution is -2.32. The van der Waals surface area contributed by atoms with Gasteiger partial charge in [0.1, 0.15) is 6.17 Å². The van der Waals surface area contributed by atoms with Gasteiger partial charge >= 0.3 is 0 Å². The second-order valence-corrected chi connectivity index (χ2v) is 3.62. The molecule has 0 saturated carbocycles. The maximum absolute atomic E-state index is 9.55. The number of aliphatic imine (C=N–C) groups is 1. The van der Waals surface area contributed by atoms with Crippen molar-refractivity contribution < 1.29 is 5.21 Å². The molecule has 68 valence electrons. The van der Waals surface area contributed by atoms with Crippen molar-refractivity contribution >= 4 is 38.1 Å². The minimum absolute atomic E-state index is 0.180. The summed E-state index contributed by atoms with van der Waals surface area (Å²) in [6.45, 7) is 1.84. The highest BCUT2D eigenvalue weighted by molar-refractivity contribution is 9.09. The smallest absolute Gasteiger partial charge is 0.142 e. The van der Waals surface area contributed by atoms with E-state index in [0.29, 0.717) is 10.7 Å². The fraction of sp³-hybridized carbons (Fsp3) is 0.571. The molecule has 0 amide bonds. The Balaban J connectivity index is 2.92. The maximum atomic E-state index is 9.55. The van der Waals surface area contributed by atoms with Gasteiger partial charge in [-0.15, -0.1) is 0 Å². The zero-order chi connectivity index (χ0) is 9.14. The molecule has 0 aromatic heterocycles. The zero-order valence-electron chi connectivity index (χ0n) is 6.67. The molecule has 0 aliphatic carbocycles. The van der Waals surface area contributed by atoms with E-state index >= 15 is 0 Å². The predicted octanol–water partition coefficient (Wildman–Crippen LogP) is 2.15. The van der Waals surface area contributed by atoms with Gasteiger partial charge in [-0.2, -0.15) is 0 Å². The van der Waals surface area contributed by atoms with Crippen molar-refractivity contribution in [2.45, 2.75) is 13.1 Å². The molecule has 1 N–H and O–H groups in total. The van der Waals surface area contributed by atoms with Crippen LogP contribution in [0.15, 0.2) is 16.3 Å². The summed E-state index contributed by atoms with van der Waals surface area (Å²) in [5.74, 6) is 0. The van der Waals surface area contributed by atoms with Crippen molar-refractivity contribution in [1.29, 1.82) is 0 Å². The maximum Gasteiger partial charge on any atom is 0.142 e. The van der Waals surface area contributed by atoms with Gasteiger partial charge in [0, 0.05) is 22.4 Å². The first-order valence-electron chi connectivity index (χ1n) is 3.56. The van der Waals surface area contributed by atoms with Crippen LogP contribution in [0.5, 0.6) is 0 Å². The Kier molecular flexibility index (Phi) is 3.74. The summed E-state index contributed by atoms with van der Waals surface area (Å²) in [6, 6.07) is 0. The van der Waals surface area contributed by atoms with Gasteiger partial charge in [-0.25, -0.2) is 5.06 Å². The molecule has 12 heavy (non-hydrogen) atoms. The third-order valence-corrected chi connectivity index (χ3v) is 2.85. The molecule has 0 spiro atoms. The molecular weight excluding hydrogens is 288 g/mol. The van der Waals surface area contributed by atoms with Crippen LogP contribution in [0, 0.1) is 0 Å². The van der Waals surface area contributed by atoms with Crippen LogP contribution in [0.25, 0.3) is 0 Å². The molecule has 0 aromatic carbocycles. The van der Waals surface area contributed by atoms with Crippen molar-refractivity contribution in [3.05, 3.63) is 11.3 Å². The molecule has 0 saturated heterocycles. The van der Waals surface area contributed by atoms with E-state index in [2.05, 4.69) is 36.9 Å². The van der Waals surface area contributed by atoms with E-state index in [1.807, 2.05) is 6.92 Å². The summed E-state index contributed by atoms with van der Waals surface area (Å²) >= 11 is 6.65. The topological polar surface area (TPSA) is 35.8 Å². The van der Waals surface area contributed by atoms with E-state index in [1.54, 1.807) is 6.21 Å². The number of hydroxylamine groups is 2. The van der Waals surface area contributed by atoms with Gasteiger partial charge in [0.05, 0.1) is 5.70 Å². The Bertz CT molecular complexity index is 227. The molecule has 3 nitrogen and oxygen atoms in total. The standard InChI is InChI=1S/C7H10Br2N2O/c1-5-10-4-6(2-8)7(3-9)11(5)12/h4-5,12H,2-3H2,1H3. The van der Waals surface area contributed by atoms with Gasteiger partial charge in [-0.3, -0.25) is 10.2 Å². The molecule has 0 bridgehead atoms. The number of alkyl halides is 2. The van der Waals surface area contributed by atoms with E-state index < -0.39 is 0 Å². The van der Waals surface area contributed by atoms with Crippen LogP contribution in [-0.2, 0) is 0 Å². The lowest BCUT2D eigenvalue weighted by Gasteiger charge is -2.27. The van der Waals surface area contributed by atoms with Crippen LogP contribution in [0.1, 0.15) is 6.92 Å². The summed E-state index contributed by atoms with van der Waals surface area (Å²) in [6.07, 6.45) is 1.61. The highest BCUT2D eigenvalue weighted by Gasteiger charge is 2.19. The van der Waals surface area contributed by atoms with E-state index in [1.165, 1.54) is 5.06 Å². The molecule has 1 aliphatic rings. The van der Waals surface area contributed by atoms with Crippen molar-refractivity contribution in [3.63, 3.8) is 0 Å². The van der Waals surface area contributed by atoms with Crippen molar-refractivity contribution in [2.75, 3.05) is 10.7 Å². The van der Waals surface area contributed by atoms with E-state index in [-0.39, 0.29) is 6.17 Å². The van der Waals surface area contributed by atoms with Crippen molar-refractivity contribution in [2.24, 2.45) is 4.99 Å². The average Bonchev–Trinajstić information content (AvgIpc) is 2.09. The molecule has 0 radical (unpaired) electrons. The van der Waals surface area contributed by atoms with Gasteiger partial charge in [0.15, 0.2) is 0 Å². The second-order valence-electron chi connectivity index (χ2n) is 2.49. The SMILES string of the molecule is CC1N=CC(CBr)=C(CBr)N1O. The lowest BCUT2D eigenvalue weighted by molar-refractivity contribution is -0.0855. The molecule has 5 heteroatoms. The van der Waals surface area contributed by atoms with E-state index in [9.17, 15) is 5.21 Å². The van der Waals surface area contributed by atoms with Gasteiger partial charge in [-0.05, 0) is 6.92 Å². The predicted molar refractivity (Wildman–Crippen MR) is 56.2 cm³/mol. The van der Waals surface area contributed by atoms with Gasteiger partial charge in [0.25, 0.3) is 0 Å². The van der Waals surface area contributed by atoms with Crippen LogP contribution in [0.4, 0.5) is 0 Å². The Morgan fingerprint density at radius 3 is 2.75 bits per heavy atom. The van der Waals surface area contributed by atoms with Crippen molar-refractivity contribution in [3.8, 4) is 0 Å². The Morgan fingerprint density at radius 1 is 1.58 bits per heavy atom. The Labute approximate surface area is 88.4 Å². The zero-order valence-corrected chi connectivity index (χ0v) is 9.84. The monoisotopic (exact) mass is 296 g/mol. The molecular formula is C7H10Br2N2O. The number of hydrogen-bond acceptors (Lipinski definition) is 3. The number of rotatable bonds is 2. The minimum Gasteiger partial charge on any atom is -0.287 e. The number of nitrogens with zero attached hydrogens (tertiary/aromatic N) is 2. The fourth-order valence-electron chi connectivity index (χ4n) is 0.967. The van der Waals surface area contributed by atoms with E-state index in [4.69, 9.17) is 0 Å². The van der Waals surface area contributed by atoms with Crippen LogP contribution in [-0.4, -0.2) is 33.3 Å². The summed E-state index contributed by atoms with van der Waals surface area (Å²) in [5, 5.41) is 12.1. The quantitative estimate of drug-likeness (QED) is 0.793. The lowest BCUT2D eigenvalue weighted by atomic mass is 10.2. The van der Waals surface area contributed by atoms with Gasteiger partial charge in [0.2, 0.25) is 0 Å². The largest absolute Gasteiger partial charge is 0.287 e. The molecule has 0 fully saturated rings. The highest BCUT2D eigenvalue weighted by Crippen LogP contribution is 2.19. The Morgan fingerprint density at radius 2 is 2.25 bits per heavy atom.